The molecule has 0 atom stereocenters. The van der Waals surface area contributed by atoms with Gasteiger partial charge in [0.15, 0.2) is 5.65 Å². The Bertz CT molecular complexity index is 1280. The fraction of sp³-hybridized carbons (Fsp3) is 0.136. The monoisotopic (exact) mass is 403 g/mol. The molecular weight excluding hydrogens is 385 g/mol. The summed E-state index contributed by atoms with van der Waals surface area (Å²) in [6, 6.07) is 11.8. The normalized spacial score (nSPS) is 10.9. The summed E-state index contributed by atoms with van der Waals surface area (Å²) < 4.78 is 15.5. The molecule has 3 aromatic heterocycles. The van der Waals surface area contributed by atoms with Crippen molar-refractivity contribution in [3.63, 3.8) is 0 Å². The van der Waals surface area contributed by atoms with E-state index in [9.17, 15) is 14.0 Å². The molecule has 7 nitrogen and oxygen atoms in total. The first-order chi connectivity index (χ1) is 14.5. The average Bonchev–Trinajstić information content (AvgIpc) is 3.14. The second kappa shape index (κ2) is 7.82. The number of hydrogen-bond donors (Lipinski definition) is 1. The first-order valence-electron chi connectivity index (χ1n) is 9.39. The van der Waals surface area contributed by atoms with Crippen LogP contribution < -0.4 is 5.32 Å². The van der Waals surface area contributed by atoms with Crippen LogP contribution in [0.2, 0.25) is 0 Å². The lowest BCUT2D eigenvalue weighted by Crippen LogP contribution is -2.22. The van der Waals surface area contributed by atoms with E-state index >= 15 is 0 Å². The van der Waals surface area contributed by atoms with Crippen molar-refractivity contribution < 1.29 is 14.0 Å². The van der Waals surface area contributed by atoms with Crippen molar-refractivity contribution >= 4 is 23.2 Å². The Labute approximate surface area is 171 Å². The van der Waals surface area contributed by atoms with E-state index in [0.717, 1.165) is 5.56 Å². The zero-order chi connectivity index (χ0) is 21.3. The molecule has 150 valence electrons. The van der Waals surface area contributed by atoms with Crippen LogP contribution in [0, 0.1) is 12.7 Å². The molecule has 0 aliphatic heterocycles. The molecule has 0 saturated heterocycles. The van der Waals surface area contributed by atoms with Crippen molar-refractivity contribution in [3.05, 3.63) is 66.2 Å². The van der Waals surface area contributed by atoms with E-state index in [1.54, 1.807) is 54.9 Å². The standard InChI is InChI=1S/C22H18FN5O2/c1-3-17(29)22(30)26-18-12-15(8-10-24-18)21-20(14-6-7-16(23)13(2)11-14)27-19-5-4-9-25-28(19)21/h4-12H,3H2,1-2H3,(H,24,26,30). The van der Waals surface area contributed by atoms with E-state index in [4.69, 9.17) is 0 Å². The molecule has 1 aromatic carbocycles. The summed E-state index contributed by atoms with van der Waals surface area (Å²) in [5.74, 6) is -1.29. The van der Waals surface area contributed by atoms with Gasteiger partial charge in [0, 0.05) is 29.9 Å². The Kier molecular flexibility index (Phi) is 5.05. The number of pyridine rings is 1. The SMILES string of the molecule is CCC(=O)C(=O)Nc1cc(-c2c(-c3ccc(F)c(C)c3)nc3cccnn23)ccn1. The number of carbonyl (C=O) groups is 2. The number of carbonyl (C=O) groups excluding carboxylic acids is 2. The molecule has 3 heterocycles. The minimum absolute atomic E-state index is 0.108. The number of amides is 1. The number of rotatable bonds is 5. The molecule has 1 N–H and O–H groups in total. The lowest BCUT2D eigenvalue weighted by Gasteiger charge is -2.08. The number of ketones is 1. The summed E-state index contributed by atoms with van der Waals surface area (Å²) in [5, 5.41) is 6.91. The topological polar surface area (TPSA) is 89.2 Å². The number of Topliss-reactive ketones (excluding diaryl/α,β-unsaturated/α-hetero) is 1. The highest BCUT2D eigenvalue weighted by molar-refractivity contribution is 6.40. The molecule has 0 saturated carbocycles. The number of fused-ring (bicyclic) bond motifs is 1. The first-order valence-corrected chi connectivity index (χ1v) is 9.39. The smallest absolute Gasteiger partial charge is 0.292 e. The summed E-state index contributed by atoms with van der Waals surface area (Å²) in [7, 11) is 0. The van der Waals surface area contributed by atoms with Gasteiger partial charge in [-0.05, 0) is 55.0 Å². The second-order valence-electron chi connectivity index (χ2n) is 6.73. The van der Waals surface area contributed by atoms with Crippen LogP contribution in [-0.4, -0.2) is 31.3 Å². The molecule has 0 unspecified atom stereocenters. The lowest BCUT2D eigenvalue weighted by molar-refractivity contribution is -0.134. The molecule has 0 spiro atoms. The maximum absolute atomic E-state index is 13.8. The number of hydrogen-bond acceptors (Lipinski definition) is 5. The van der Waals surface area contributed by atoms with Crippen LogP contribution in [-0.2, 0) is 9.59 Å². The summed E-state index contributed by atoms with van der Waals surface area (Å²) in [4.78, 5) is 32.4. The highest BCUT2D eigenvalue weighted by Crippen LogP contribution is 2.33. The summed E-state index contributed by atoms with van der Waals surface area (Å²) in [6.07, 6.45) is 3.28. The number of nitrogens with one attached hydrogen (secondary N) is 1. The van der Waals surface area contributed by atoms with Gasteiger partial charge in [-0.2, -0.15) is 5.10 Å². The van der Waals surface area contributed by atoms with Crippen molar-refractivity contribution in [2.75, 3.05) is 5.32 Å². The van der Waals surface area contributed by atoms with Crippen LogP contribution in [0.4, 0.5) is 10.2 Å². The van der Waals surface area contributed by atoms with E-state index in [0.29, 0.717) is 28.2 Å². The van der Waals surface area contributed by atoms with Gasteiger partial charge in [-0.3, -0.25) is 9.59 Å². The quantitative estimate of drug-likeness (QED) is 0.512. The van der Waals surface area contributed by atoms with Crippen LogP contribution in [0.5, 0.6) is 0 Å². The minimum atomic E-state index is -0.715. The number of nitrogens with zero attached hydrogens (tertiary/aromatic N) is 4. The van der Waals surface area contributed by atoms with E-state index in [2.05, 4.69) is 20.4 Å². The minimum Gasteiger partial charge on any atom is -0.304 e. The van der Waals surface area contributed by atoms with Crippen LogP contribution in [0.1, 0.15) is 18.9 Å². The lowest BCUT2D eigenvalue weighted by atomic mass is 10.0. The number of anilines is 1. The zero-order valence-corrected chi connectivity index (χ0v) is 16.4. The highest BCUT2D eigenvalue weighted by atomic mass is 19.1. The summed E-state index contributed by atoms with van der Waals surface area (Å²) in [6.45, 7) is 3.31. The number of benzene rings is 1. The predicted molar refractivity (Wildman–Crippen MR) is 110 cm³/mol. The fourth-order valence-corrected chi connectivity index (χ4v) is 3.13. The Morgan fingerprint density at radius 1 is 1.10 bits per heavy atom. The van der Waals surface area contributed by atoms with Gasteiger partial charge in [0.25, 0.3) is 5.91 Å². The van der Waals surface area contributed by atoms with Gasteiger partial charge < -0.3 is 5.32 Å². The Balaban J connectivity index is 1.86. The van der Waals surface area contributed by atoms with E-state index in [1.165, 1.54) is 12.3 Å². The van der Waals surface area contributed by atoms with Gasteiger partial charge in [-0.15, -0.1) is 0 Å². The number of aryl methyl sites for hydroxylation is 1. The number of imidazole rings is 1. The predicted octanol–water partition coefficient (Wildman–Crippen LogP) is 3.82. The van der Waals surface area contributed by atoms with Gasteiger partial charge in [-0.25, -0.2) is 18.9 Å². The molecule has 0 aliphatic carbocycles. The maximum Gasteiger partial charge on any atom is 0.292 e. The van der Waals surface area contributed by atoms with Crippen molar-refractivity contribution in [1.82, 2.24) is 19.6 Å². The summed E-state index contributed by atoms with van der Waals surface area (Å²) >= 11 is 0. The van der Waals surface area contributed by atoms with Gasteiger partial charge in [0.05, 0.1) is 5.69 Å². The molecule has 0 bridgehead atoms. The number of aromatic nitrogens is 4. The van der Waals surface area contributed by atoms with Crippen molar-refractivity contribution in [3.8, 4) is 22.5 Å². The Hall–Kier alpha value is -3.94. The Morgan fingerprint density at radius 3 is 2.70 bits per heavy atom. The molecule has 8 heteroatoms. The molecule has 4 aromatic rings. The molecule has 0 radical (unpaired) electrons. The average molecular weight is 403 g/mol. The third-order valence-corrected chi connectivity index (χ3v) is 4.67. The van der Waals surface area contributed by atoms with E-state index in [1.807, 2.05) is 6.07 Å². The third kappa shape index (κ3) is 3.55. The highest BCUT2D eigenvalue weighted by Gasteiger charge is 2.19. The van der Waals surface area contributed by atoms with Crippen LogP contribution in [0.15, 0.2) is 54.9 Å². The van der Waals surface area contributed by atoms with Crippen molar-refractivity contribution in [2.24, 2.45) is 0 Å². The van der Waals surface area contributed by atoms with Gasteiger partial charge in [0.2, 0.25) is 5.78 Å². The molecule has 4 rings (SSSR count). The fourth-order valence-electron chi connectivity index (χ4n) is 3.13. The van der Waals surface area contributed by atoms with E-state index < -0.39 is 11.7 Å². The molecule has 1 amide bonds. The molecular formula is C22H18FN5O2. The molecule has 0 aliphatic rings. The first kappa shape index (κ1) is 19.4. The number of halogens is 1. The van der Waals surface area contributed by atoms with Gasteiger partial charge >= 0.3 is 0 Å². The zero-order valence-electron chi connectivity index (χ0n) is 16.4. The largest absolute Gasteiger partial charge is 0.304 e. The van der Waals surface area contributed by atoms with Crippen molar-refractivity contribution in [2.45, 2.75) is 20.3 Å². The van der Waals surface area contributed by atoms with Crippen LogP contribution >= 0.6 is 0 Å². The van der Waals surface area contributed by atoms with Gasteiger partial charge in [0.1, 0.15) is 17.3 Å². The maximum atomic E-state index is 13.8. The van der Waals surface area contributed by atoms with Crippen molar-refractivity contribution in [1.29, 1.82) is 0 Å². The van der Waals surface area contributed by atoms with Crippen LogP contribution in [0.3, 0.4) is 0 Å². The summed E-state index contributed by atoms with van der Waals surface area (Å²) in [5.41, 5.74) is 3.82. The van der Waals surface area contributed by atoms with Gasteiger partial charge in [-0.1, -0.05) is 6.92 Å². The second-order valence-corrected chi connectivity index (χ2v) is 6.73. The molecule has 0 fully saturated rings. The van der Waals surface area contributed by atoms with E-state index in [-0.39, 0.29) is 18.1 Å². The van der Waals surface area contributed by atoms with Crippen LogP contribution in [0.25, 0.3) is 28.2 Å². The Morgan fingerprint density at radius 2 is 1.93 bits per heavy atom. The third-order valence-electron chi connectivity index (χ3n) is 4.67. The molecule has 30 heavy (non-hydrogen) atoms.